The normalized spacial score (nSPS) is 15.6. The first-order valence-electron chi connectivity index (χ1n) is 7.89. The van der Waals surface area contributed by atoms with Gasteiger partial charge in [-0.3, -0.25) is 0 Å². The summed E-state index contributed by atoms with van der Waals surface area (Å²) in [4.78, 5) is 2.12. The largest absolute Gasteiger partial charge is 0.492 e. The van der Waals surface area contributed by atoms with Crippen molar-refractivity contribution in [3.05, 3.63) is 60.2 Å². The predicted molar refractivity (Wildman–Crippen MR) is 91.5 cm³/mol. The Balaban J connectivity index is 1.60. The van der Waals surface area contributed by atoms with Crippen LogP contribution in [0.4, 0.5) is 5.69 Å². The molecule has 0 aliphatic heterocycles. The molecule has 0 spiro atoms. The third-order valence-corrected chi connectivity index (χ3v) is 4.12. The SMILES string of the molecule is CN(C)CCOc1ccc(NC2(c3ccccc3)CC2)cc1. The molecule has 22 heavy (non-hydrogen) atoms. The molecule has 0 atom stereocenters. The van der Waals surface area contributed by atoms with Gasteiger partial charge < -0.3 is 15.0 Å². The van der Waals surface area contributed by atoms with Gasteiger partial charge in [0.1, 0.15) is 12.4 Å². The van der Waals surface area contributed by atoms with Crippen LogP contribution < -0.4 is 10.1 Å². The van der Waals surface area contributed by atoms with Crippen molar-refractivity contribution in [2.75, 3.05) is 32.6 Å². The van der Waals surface area contributed by atoms with Crippen molar-refractivity contribution in [2.45, 2.75) is 18.4 Å². The molecule has 1 saturated carbocycles. The second kappa shape index (κ2) is 6.41. The molecule has 0 saturated heterocycles. The van der Waals surface area contributed by atoms with E-state index < -0.39 is 0 Å². The predicted octanol–water partition coefficient (Wildman–Crippen LogP) is 3.73. The molecule has 3 nitrogen and oxygen atoms in total. The first kappa shape index (κ1) is 14.9. The van der Waals surface area contributed by atoms with E-state index >= 15 is 0 Å². The number of hydrogen-bond acceptors (Lipinski definition) is 3. The number of ether oxygens (including phenoxy) is 1. The molecule has 0 amide bonds. The van der Waals surface area contributed by atoms with Crippen LogP contribution in [0.25, 0.3) is 0 Å². The average Bonchev–Trinajstić information content (AvgIpc) is 3.31. The van der Waals surface area contributed by atoms with Gasteiger partial charge in [0.25, 0.3) is 0 Å². The molecule has 1 aliphatic carbocycles. The fraction of sp³-hybridized carbons (Fsp3) is 0.368. The number of anilines is 1. The quantitative estimate of drug-likeness (QED) is 0.842. The molecule has 3 rings (SSSR count). The maximum absolute atomic E-state index is 5.73. The lowest BCUT2D eigenvalue weighted by Gasteiger charge is -2.19. The fourth-order valence-corrected chi connectivity index (χ4v) is 2.62. The second-order valence-electron chi connectivity index (χ2n) is 6.25. The number of nitrogens with one attached hydrogen (secondary N) is 1. The molecule has 2 aromatic rings. The van der Waals surface area contributed by atoms with Crippen LogP contribution in [0.3, 0.4) is 0 Å². The van der Waals surface area contributed by atoms with Gasteiger partial charge in [-0.15, -0.1) is 0 Å². The lowest BCUT2D eigenvalue weighted by atomic mass is 10.0. The van der Waals surface area contributed by atoms with Gasteiger partial charge in [0.2, 0.25) is 0 Å². The van der Waals surface area contributed by atoms with Gasteiger partial charge in [-0.25, -0.2) is 0 Å². The Kier molecular flexibility index (Phi) is 4.34. The Hall–Kier alpha value is -2.00. The molecule has 116 valence electrons. The molecule has 1 N–H and O–H groups in total. The standard InChI is InChI=1S/C19H24N2O/c1-21(2)14-15-22-18-10-8-17(9-11-18)20-19(12-13-19)16-6-4-3-5-7-16/h3-11,20H,12-15H2,1-2H3. The van der Waals surface area contributed by atoms with Gasteiger partial charge in [-0.05, 0) is 56.8 Å². The zero-order valence-electron chi connectivity index (χ0n) is 13.4. The van der Waals surface area contributed by atoms with Crippen molar-refractivity contribution in [1.82, 2.24) is 4.90 Å². The van der Waals surface area contributed by atoms with Crippen molar-refractivity contribution in [1.29, 1.82) is 0 Å². The van der Waals surface area contributed by atoms with E-state index in [1.807, 2.05) is 12.1 Å². The van der Waals surface area contributed by atoms with Crippen LogP contribution in [0, 0.1) is 0 Å². The topological polar surface area (TPSA) is 24.5 Å². The minimum Gasteiger partial charge on any atom is -0.492 e. The van der Waals surface area contributed by atoms with E-state index in [0.717, 1.165) is 18.0 Å². The molecule has 2 aromatic carbocycles. The van der Waals surface area contributed by atoms with Crippen molar-refractivity contribution in [2.24, 2.45) is 0 Å². The fourth-order valence-electron chi connectivity index (χ4n) is 2.62. The monoisotopic (exact) mass is 296 g/mol. The van der Waals surface area contributed by atoms with E-state index in [1.165, 1.54) is 18.4 Å². The smallest absolute Gasteiger partial charge is 0.119 e. The van der Waals surface area contributed by atoms with Crippen LogP contribution in [-0.4, -0.2) is 32.1 Å². The van der Waals surface area contributed by atoms with Gasteiger partial charge >= 0.3 is 0 Å². The summed E-state index contributed by atoms with van der Waals surface area (Å²) >= 11 is 0. The molecule has 0 bridgehead atoms. The van der Waals surface area contributed by atoms with E-state index in [-0.39, 0.29) is 5.54 Å². The van der Waals surface area contributed by atoms with E-state index in [1.54, 1.807) is 0 Å². The van der Waals surface area contributed by atoms with Crippen LogP contribution in [0.2, 0.25) is 0 Å². The van der Waals surface area contributed by atoms with E-state index in [4.69, 9.17) is 4.74 Å². The highest BCUT2D eigenvalue weighted by Gasteiger charge is 2.44. The third-order valence-electron chi connectivity index (χ3n) is 4.12. The molecule has 0 radical (unpaired) electrons. The van der Waals surface area contributed by atoms with Gasteiger partial charge in [-0.1, -0.05) is 30.3 Å². The van der Waals surface area contributed by atoms with Crippen LogP contribution in [-0.2, 0) is 5.54 Å². The Morgan fingerprint density at radius 1 is 1.00 bits per heavy atom. The van der Waals surface area contributed by atoms with Gasteiger partial charge in [0.05, 0.1) is 5.54 Å². The first-order chi connectivity index (χ1) is 10.7. The van der Waals surface area contributed by atoms with Crippen molar-refractivity contribution in [3.63, 3.8) is 0 Å². The lowest BCUT2D eigenvalue weighted by Crippen LogP contribution is -2.19. The summed E-state index contributed by atoms with van der Waals surface area (Å²) in [5, 5.41) is 3.68. The minimum atomic E-state index is 0.133. The van der Waals surface area contributed by atoms with Gasteiger partial charge in [-0.2, -0.15) is 0 Å². The maximum Gasteiger partial charge on any atom is 0.119 e. The Morgan fingerprint density at radius 3 is 2.27 bits per heavy atom. The average molecular weight is 296 g/mol. The van der Waals surface area contributed by atoms with E-state index in [0.29, 0.717) is 6.61 Å². The number of benzene rings is 2. The Morgan fingerprint density at radius 2 is 1.68 bits per heavy atom. The molecule has 0 unspecified atom stereocenters. The molecule has 3 heteroatoms. The van der Waals surface area contributed by atoms with E-state index in [2.05, 4.69) is 66.8 Å². The molecule has 0 heterocycles. The zero-order valence-corrected chi connectivity index (χ0v) is 13.4. The molecular formula is C19H24N2O. The van der Waals surface area contributed by atoms with Crippen molar-refractivity contribution >= 4 is 5.69 Å². The number of nitrogens with zero attached hydrogens (tertiary/aromatic N) is 1. The second-order valence-corrected chi connectivity index (χ2v) is 6.25. The highest BCUT2D eigenvalue weighted by molar-refractivity contribution is 5.52. The summed E-state index contributed by atoms with van der Waals surface area (Å²) in [7, 11) is 4.10. The Labute approximate surface area is 132 Å². The maximum atomic E-state index is 5.73. The van der Waals surface area contributed by atoms with Gasteiger partial charge in [0, 0.05) is 12.2 Å². The minimum absolute atomic E-state index is 0.133. The molecule has 0 aromatic heterocycles. The summed E-state index contributed by atoms with van der Waals surface area (Å²) < 4.78 is 5.73. The summed E-state index contributed by atoms with van der Waals surface area (Å²) in [6.07, 6.45) is 2.39. The third kappa shape index (κ3) is 3.60. The van der Waals surface area contributed by atoms with Gasteiger partial charge in [0.15, 0.2) is 0 Å². The van der Waals surface area contributed by atoms with Crippen molar-refractivity contribution < 1.29 is 4.74 Å². The van der Waals surface area contributed by atoms with Crippen LogP contribution in [0.1, 0.15) is 18.4 Å². The van der Waals surface area contributed by atoms with Crippen LogP contribution in [0.5, 0.6) is 5.75 Å². The number of likely N-dealkylation sites (N-methyl/N-ethyl adjacent to an activating group) is 1. The highest BCUT2D eigenvalue weighted by atomic mass is 16.5. The van der Waals surface area contributed by atoms with Crippen LogP contribution >= 0.6 is 0 Å². The molecule has 1 fully saturated rings. The Bertz CT molecular complexity index is 589. The summed E-state index contributed by atoms with van der Waals surface area (Å²) in [6, 6.07) is 19.0. The van der Waals surface area contributed by atoms with Crippen LogP contribution in [0.15, 0.2) is 54.6 Å². The number of hydrogen-bond donors (Lipinski definition) is 1. The van der Waals surface area contributed by atoms with Crippen molar-refractivity contribution in [3.8, 4) is 5.75 Å². The molecular weight excluding hydrogens is 272 g/mol. The highest BCUT2D eigenvalue weighted by Crippen LogP contribution is 2.48. The molecule has 1 aliphatic rings. The first-order valence-corrected chi connectivity index (χ1v) is 7.89. The zero-order chi connectivity index (χ0) is 15.4. The summed E-state index contributed by atoms with van der Waals surface area (Å²) in [5.41, 5.74) is 2.66. The summed E-state index contributed by atoms with van der Waals surface area (Å²) in [5.74, 6) is 0.928. The van der Waals surface area contributed by atoms with E-state index in [9.17, 15) is 0 Å². The number of rotatable bonds is 7. The lowest BCUT2D eigenvalue weighted by molar-refractivity contribution is 0.261. The summed E-state index contributed by atoms with van der Waals surface area (Å²) in [6.45, 7) is 1.64.